The molecule has 1 aromatic rings. The molecule has 0 amide bonds. The predicted molar refractivity (Wildman–Crippen MR) is 65.3 cm³/mol. The Balaban J connectivity index is 2.98. The van der Waals surface area contributed by atoms with Gasteiger partial charge in [0.05, 0.1) is 5.54 Å². The van der Waals surface area contributed by atoms with Gasteiger partial charge in [0.25, 0.3) is 0 Å². The molecular formula is C12H23N3O2. The molecule has 17 heavy (non-hydrogen) atoms. The van der Waals surface area contributed by atoms with Crippen molar-refractivity contribution in [3.05, 3.63) is 11.7 Å². The number of methoxy groups -OCH3 is 1. The molecule has 1 heterocycles. The Morgan fingerprint density at radius 1 is 1.35 bits per heavy atom. The van der Waals surface area contributed by atoms with Crippen LogP contribution < -0.4 is 5.73 Å². The minimum Gasteiger partial charge on any atom is -0.373 e. The van der Waals surface area contributed by atoms with Crippen LogP contribution in [0.2, 0.25) is 0 Å². The van der Waals surface area contributed by atoms with Crippen molar-refractivity contribution in [3.8, 4) is 0 Å². The fourth-order valence-corrected chi connectivity index (χ4v) is 1.78. The van der Waals surface area contributed by atoms with E-state index in [1.807, 2.05) is 13.8 Å². The average molecular weight is 241 g/mol. The summed E-state index contributed by atoms with van der Waals surface area (Å²) in [6.45, 7) is 8.15. The van der Waals surface area contributed by atoms with E-state index in [2.05, 4.69) is 24.0 Å². The summed E-state index contributed by atoms with van der Waals surface area (Å²) in [5.41, 5.74) is 5.68. The molecule has 5 nitrogen and oxygen atoms in total. The van der Waals surface area contributed by atoms with Gasteiger partial charge in [-0.15, -0.1) is 0 Å². The molecule has 0 saturated carbocycles. The number of hydrogen-bond donors (Lipinski definition) is 1. The Labute approximate surface area is 103 Å². The highest BCUT2D eigenvalue weighted by Gasteiger charge is 2.31. The van der Waals surface area contributed by atoms with Crippen LogP contribution in [0.4, 0.5) is 0 Å². The van der Waals surface area contributed by atoms with Crippen molar-refractivity contribution in [3.63, 3.8) is 0 Å². The van der Waals surface area contributed by atoms with Crippen LogP contribution in [0.25, 0.3) is 0 Å². The van der Waals surface area contributed by atoms with Gasteiger partial charge in [-0.1, -0.05) is 32.9 Å². The second-order valence-electron chi connectivity index (χ2n) is 4.72. The SMILES string of the molecule is CCC(N)(CC)c1nc(C(OC)C(C)C)no1. The van der Waals surface area contributed by atoms with Gasteiger partial charge in [-0.25, -0.2) is 0 Å². The lowest BCUT2D eigenvalue weighted by atomic mass is 9.94. The van der Waals surface area contributed by atoms with Crippen molar-refractivity contribution in [1.82, 2.24) is 10.1 Å². The lowest BCUT2D eigenvalue weighted by Crippen LogP contribution is -2.35. The molecule has 0 aliphatic rings. The van der Waals surface area contributed by atoms with Crippen molar-refractivity contribution in [1.29, 1.82) is 0 Å². The zero-order chi connectivity index (χ0) is 13.1. The largest absolute Gasteiger partial charge is 0.373 e. The van der Waals surface area contributed by atoms with E-state index in [9.17, 15) is 0 Å². The molecule has 1 atom stereocenters. The Morgan fingerprint density at radius 3 is 2.35 bits per heavy atom. The minimum absolute atomic E-state index is 0.148. The van der Waals surface area contributed by atoms with E-state index in [1.165, 1.54) is 0 Å². The van der Waals surface area contributed by atoms with E-state index in [0.29, 0.717) is 17.6 Å². The first-order chi connectivity index (χ1) is 7.98. The fourth-order valence-electron chi connectivity index (χ4n) is 1.78. The third-order valence-corrected chi connectivity index (χ3v) is 3.24. The maximum atomic E-state index is 6.21. The predicted octanol–water partition coefficient (Wildman–Crippen LogP) is 2.39. The Kier molecular flexibility index (Phi) is 4.65. The molecular weight excluding hydrogens is 218 g/mol. The molecule has 0 aliphatic heterocycles. The molecule has 0 saturated heterocycles. The third-order valence-electron chi connectivity index (χ3n) is 3.24. The average Bonchev–Trinajstić information content (AvgIpc) is 2.78. The highest BCUT2D eigenvalue weighted by Crippen LogP contribution is 2.27. The number of rotatable bonds is 6. The first-order valence-electron chi connectivity index (χ1n) is 6.14. The van der Waals surface area contributed by atoms with Gasteiger partial charge < -0.3 is 15.0 Å². The van der Waals surface area contributed by atoms with Crippen molar-refractivity contribution >= 4 is 0 Å². The molecule has 1 unspecified atom stereocenters. The molecule has 98 valence electrons. The van der Waals surface area contributed by atoms with Gasteiger partial charge in [0, 0.05) is 7.11 Å². The smallest absolute Gasteiger partial charge is 0.246 e. The van der Waals surface area contributed by atoms with Gasteiger partial charge in [0.2, 0.25) is 11.7 Å². The first kappa shape index (κ1) is 14.1. The highest BCUT2D eigenvalue weighted by atomic mass is 16.5. The molecule has 1 aromatic heterocycles. The van der Waals surface area contributed by atoms with E-state index in [-0.39, 0.29) is 6.10 Å². The van der Waals surface area contributed by atoms with Crippen LogP contribution >= 0.6 is 0 Å². The summed E-state index contributed by atoms with van der Waals surface area (Å²) >= 11 is 0. The Bertz CT molecular complexity index is 345. The van der Waals surface area contributed by atoms with Crippen molar-refractivity contribution in [2.24, 2.45) is 11.7 Å². The highest BCUT2D eigenvalue weighted by molar-refractivity contribution is 5.03. The van der Waals surface area contributed by atoms with Crippen LogP contribution in [-0.2, 0) is 10.3 Å². The zero-order valence-electron chi connectivity index (χ0n) is 11.4. The quantitative estimate of drug-likeness (QED) is 0.827. The van der Waals surface area contributed by atoms with Gasteiger partial charge in [-0.2, -0.15) is 4.98 Å². The lowest BCUT2D eigenvalue weighted by molar-refractivity contribution is 0.0555. The van der Waals surface area contributed by atoms with Crippen LogP contribution in [0.1, 0.15) is 58.4 Å². The third kappa shape index (κ3) is 2.84. The van der Waals surface area contributed by atoms with Crippen molar-refractivity contribution < 1.29 is 9.26 Å². The second-order valence-corrected chi connectivity index (χ2v) is 4.72. The van der Waals surface area contributed by atoms with E-state index in [1.54, 1.807) is 7.11 Å². The second kappa shape index (κ2) is 5.60. The van der Waals surface area contributed by atoms with E-state index in [0.717, 1.165) is 12.8 Å². The number of aromatic nitrogens is 2. The van der Waals surface area contributed by atoms with Crippen LogP contribution in [-0.4, -0.2) is 17.3 Å². The summed E-state index contributed by atoms with van der Waals surface area (Å²) in [7, 11) is 1.65. The van der Waals surface area contributed by atoms with E-state index >= 15 is 0 Å². The van der Waals surface area contributed by atoms with Gasteiger partial charge in [-0.05, 0) is 18.8 Å². The normalized spacial score (nSPS) is 14.3. The fraction of sp³-hybridized carbons (Fsp3) is 0.833. The number of nitrogens with zero attached hydrogens (tertiary/aromatic N) is 2. The van der Waals surface area contributed by atoms with Gasteiger partial charge in [-0.3, -0.25) is 0 Å². The molecule has 5 heteroatoms. The molecule has 0 fully saturated rings. The monoisotopic (exact) mass is 241 g/mol. The molecule has 1 rings (SSSR count). The summed E-state index contributed by atoms with van der Waals surface area (Å²) < 4.78 is 10.6. The van der Waals surface area contributed by atoms with Crippen LogP contribution in [0.5, 0.6) is 0 Å². The molecule has 0 aromatic carbocycles. The van der Waals surface area contributed by atoms with Crippen molar-refractivity contribution in [2.45, 2.75) is 52.2 Å². The summed E-state index contributed by atoms with van der Waals surface area (Å²) in [5, 5.41) is 3.98. The molecule has 0 aliphatic carbocycles. The Hall–Kier alpha value is -0.940. The maximum absolute atomic E-state index is 6.21. The van der Waals surface area contributed by atoms with Gasteiger partial charge in [0.1, 0.15) is 6.10 Å². The lowest BCUT2D eigenvalue weighted by Gasteiger charge is -2.21. The maximum Gasteiger partial charge on any atom is 0.246 e. The number of nitrogens with two attached hydrogens (primary N) is 1. The minimum atomic E-state index is -0.527. The molecule has 0 spiro atoms. The van der Waals surface area contributed by atoms with Crippen molar-refractivity contribution in [2.75, 3.05) is 7.11 Å². The molecule has 2 N–H and O–H groups in total. The standard InChI is InChI=1S/C12H23N3O2/c1-6-12(13,7-2)11-14-10(15-17-11)9(16-5)8(3)4/h8-9H,6-7,13H2,1-5H3. The summed E-state index contributed by atoms with van der Waals surface area (Å²) in [4.78, 5) is 4.39. The topological polar surface area (TPSA) is 74.2 Å². The molecule has 0 bridgehead atoms. The van der Waals surface area contributed by atoms with Crippen LogP contribution in [0, 0.1) is 5.92 Å². The zero-order valence-corrected chi connectivity index (χ0v) is 11.4. The summed E-state index contributed by atoms with van der Waals surface area (Å²) in [6.07, 6.45) is 1.39. The van der Waals surface area contributed by atoms with E-state index in [4.69, 9.17) is 15.0 Å². The molecule has 0 radical (unpaired) electrons. The first-order valence-corrected chi connectivity index (χ1v) is 6.14. The van der Waals surface area contributed by atoms with Gasteiger partial charge >= 0.3 is 0 Å². The number of hydrogen-bond acceptors (Lipinski definition) is 5. The van der Waals surface area contributed by atoms with E-state index < -0.39 is 5.54 Å². The summed E-state index contributed by atoms with van der Waals surface area (Å²) in [6, 6.07) is 0. The van der Waals surface area contributed by atoms with Gasteiger partial charge in [0.15, 0.2) is 0 Å². The number of ether oxygens (including phenoxy) is 1. The van der Waals surface area contributed by atoms with Crippen LogP contribution in [0.15, 0.2) is 4.52 Å². The van der Waals surface area contributed by atoms with Crippen LogP contribution in [0.3, 0.4) is 0 Å². The Morgan fingerprint density at radius 2 is 1.94 bits per heavy atom. The summed E-state index contributed by atoms with van der Waals surface area (Å²) in [5.74, 6) is 1.37.